The molecule has 0 radical (unpaired) electrons. The van der Waals surface area contributed by atoms with Crippen molar-refractivity contribution in [1.29, 1.82) is 0 Å². The molecule has 184 valence electrons. The fourth-order valence-electron chi connectivity index (χ4n) is 4.27. The van der Waals surface area contributed by atoms with Crippen LogP contribution < -0.4 is 10.2 Å². The van der Waals surface area contributed by atoms with Crippen LogP contribution in [0, 0.1) is 0 Å². The van der Waals surface area contributed by atoms with E-state index in [9.17, 15) is 13.2 Å². The zero-order chi connectivity index (χ0) is 24.7. The van der Waals surface area contributed by atoms with E-state index in [1.54, 1.807) is 18.3 Å². The molecule has 9 heteroatoms. The maximum Gasteiger partial charge on any atom is 0.265 e. The highest BCUT2D eigenvalue weighted by Gasteiger charge is 2.52. The van der Waals surface area contributed by atoms with Gasteiger partial charge in [0.15, 0.2) is 14.6 Å². The van der Waals surface area contributed by atoms with Crippen molar-refractivity contribution in [2.24, 2.45) is 0 Å². The Morgan fingerprint density at radius 1 is 1.06 bits per heavy atom. The summed E-state index contributed by atoms with van der Waals surface area (Å²) in [7, 11) is -4.05. The van der Waals surface area contributed by atoms with E-state index in [0.717, 1.165) is 24.0 Å². The summed E-state index contributed by atoms with van der Waals surface area (Å²) in [4.78, 5) is 16.5. The summed E-state index contributed by atoms with van der Waals surface area (Å²) in [6, 6.07) is 18.3. The number of aryl methyl sites for hydroxylation is 1. The zero-order valence-electron chi connectivity index (χ0n) is 19.2. The standard InChI is InChI=1S/C26H28N2O6S/c29-25(28-30)26(12-16-33-17-13-26)35(31,32)24-10-8-23(9-11-24)34-15-3-5-20-4-1-6-21(18-20)22-7-2-14-27-19-22/h1-2,4,6-11,14,18-19,30H,3,5,12-13,15-17H2,(H,28,29). The molecular formula is C26H28N2O6S. The number of benzene rings is 2. The van der Waals surface area contributed by atoms with Crippen molar-refractivity contribution in [3.63, 3.8) is 0 Å². The normalized spacial score (nSPS) is 15.3. The first-order valence-electron chi connectivity index (χ1n) is 11.5. The van der Waals surface area contributed by atoms with E-state index in [0.29, 0.717) is 12.4 Å². The maximum absolute atomic E-state index is 13.3. The number of hydrogen-bond acceptors (Lipinski definition) is 7. The molecule has 2 aromatic carbocycles. The Kier molecular flexibility index (Phi) is 7.80. The van der Waals surface area contributed by atoms with Gasteiger partial charge in [-0.1, -0.05) is 30.3 Å². The number of nitrogens with one attached hydrogen (secondary N) is 1. The summed E-state index contributed by atoms with van der Waals surface area (Å²) < 4.78 is 35.9. The second kappa shape index (κ2) is 11.0. The molecule has 2 heterocycles. The predicted octanol–water partition coefficient (Wildman–Crippen LogP) is 3.59. The van der Waals surface area contributed by atoms with E-state index in [4.69, 9.17) is 14.7 Å². The number of sulfone groups is 1. The highest BCUT2D eigenvalue weighted by atomic mass is 32.2. The van der Waals surface area contributed by atoms with Crippen LogP contribution in [-0.2, 0) is 25.8 Å². The Balaban J connectivity index is 1.36. The maximum atomic E-state index is 13.3. The van der Waals surface area contributed by atoms with Crippen molar-refractivity contribution in [2.75, 3.05) is 19.8 Å². The number of hydrogen-bond donors (Lipinski definition) is 2. The van der Waals surface area contributed by atoms with Gasteiger partial charge in [0.2, 0.25) is 0 Å². The molecule has 1 saturated heterocycles. The molecule has 0 unspecified atom stereocenters. The van der Waals surface area contributed by atoms with Gasteiger partial charge in [-0.15, -0.1) is 0 Å². The van der Waals surface area contributed by atoms with Gasteiger partial charge >= 0.3 is 0 Å². The minimum Gasteiger partial charge on any atom is -0.494 e. The molecule has 8 nitrogen and oxygen atoms in total. The van der Waals surface area contributed by atoms with Crippen LogP contribution in [0.15, 0.2) is 78.0 Å². The van der Waals surface area contributed by atoms with E-state index in [2.05, 4.69) is 23.2 Å². The van der Waals surface area contributed by atoms with Gasteiger partial charge in [0.25, 0.3) is 5.91 Å². The minimum absolute atomic E-state index is 0.00238. The van der Waals surface area contributed by atoms with Crippen molar-refractivity contribution < 1.29 is 27.9 Å². The average Bonchev–Trinajstić information content (AvgIpc) is 2.92. The van der Waals surface area contributed by atoms with E-state index < -0.39 is 20.5 Å². The fraction of sp³-hybridized carbons (Fsp3) is 0.308. The van der Waals surface area contributed by atoms with Crippen LogP contribution in [-0.4, -0.2) is 49.1 Å². The number of ether oxygens (including phenoxy) is 2. The first-order valence-corrected chi connectivity index (χ1v) is 12.9. The van der Waals surface area contributed by atoms with Gasteiger partial charge in [0.1, 0.15) is 5.75 Å². The van der Waals surface area contributed by atoms with Crippen LogP contribution >= 0.6 is 0 Å². The number of aromatic nitrogens is 1. The van der Waals surface area contributed by atoms with Gasteiger partial charge in [-0.2, -0.15) is 0 Å². The van der Waals surface area contributed by atoms with Gasteiger partial charge in [0, 0.05) is 25.6 Å². The van der Waals surface area contributed by atoms with Gasteiger partial charge < -0.3 is 9.47 Å². The van der Waals surface area contributed by atoms with Crippen LogP contribution in [0.25, 0.3) is 11.1 Å². The van der Waals surface area contributed by atoms with Crippen molar-refractivity contribution in [3.8, 4) is 16.9 Å². The number of carbonyl (C=O) groups is 1. The second-order valence-electron chi connectivity index (χ2n) is 8.42. The molecule has 35 heavy (non-hydrogen) atoms. The molecule has 0 aliphatic carbocycles. The molecule has 0 spiro atoms. The Bertz CT molecular complexity index is 1240. The topological polar surface area (TPSA) is 115 Å². The molecule has 1 aliphatic rings. The number of nitrogens with zero attached hydrogens (tertiary/aromatic N) is 1. The molecule has 1 fully saturated rings. The molecule has 2 N–H and O–H groups in total. The number of amides is 1. The fourth-order valence-corrected chi connectivity index (χ4v) is 6.21. The Labute approximate surface area is 204 Å². The molecular weight excluding hydrogens is 468 g/mol. The summed E-state index contributed by atoms with van der Waals surface area (Å²) >= 11 is 0. The third-order valence-electron chi connectivity index (χ3n) is 6.26. The molecule has 4 rings (SSSR count). The molecule has 0 saturated carbocycles. The molecule has 0 atom stereocenters. The number of pyridine rings is 1. The lowest BCUT2D eigenvalue weighted by Crippen LogP contribution is -2.54. The summed E-state index contributed by atoms with van der Waals surface area (Å²) in [5, 5.41) is 9.15. The highest BCUT2D eigenvalue weighted by molar-refractivity contribution is 7.93. The van der Waals surface area contributed by atoms with E-state index in [1.165, 1.54) is 23.2 Å². The van der Waals surface area contributed by atoms with Crippen LogP contribution in [0.4, 0.5) is 0 Å². The number of carbonyl (C=O) groups excluding carboxylic acids is 1. The molecule has 0 bridgehead atoms. The summed E-state index contributed by atoms with van der Waals surface area (Å²) in [5.74, 6) is -0.394. The van der Waals surface area contributed by atoms with Crippen molar-refractivity contribution in [2.45, 2.75) is 35.3 Å². The Morgan fingerprint density at radius 2 is 1.80 bits per heavy atom. The van der Waals surface area contributed by atoms with E-state index in [1.807, 2.05) is 24.4 Å². The zero-order valence-corrected chi connectivity index (χ0v) is 20.0. The molecule has 3 aromatic rings. The number of hydroxylamine groups is 1. The van der Waals surface area contributed by atoms with E-state index in [-0.39, 0.29) is 31.0 Å². The predicted molar refractivity (Wildman–Crippen MR) is 130 cm³/mol. The quantitative estimate of drug-likeness (QED) is 0.264. The SMILES string of the molecule is O=C(NO)C1(S(=O)(=O)c2ccc(OCCCc3cccc(-c4cccnc4)c3)cc2)CCOCC1. The second-order valence-corrected chi connectivity index (χ2v) is 10.7. The summed E-state index contributed by atoms with van der Waals surface area (Å²) in [6.45, 7) is 0.718. The van der Waals surface area contributed by atoms with E-state index >= 15 is 0 Å². The smallest absolute Gasteiger partial charge is 0.265 e. The van der Waals surface area contributed by atoms with Crippen LogP contribution in [0.5, 0.6) is 5.75 Å². The van der Waals surface area contributed by atoms with Crippen LogP contribution in [0.1, 0.15) is 24.8 Å². The summed E-state index contributed by atoms with van der Waals surface area (Å²) in [6.07, 6.45) is 5.16. The molecule has 1 amide bonds. The monoisotopic (exact) mass is 496 g/mol. The third-order valence-corrected chi connectivity index (χ3v) is 8.78. The Hall–Kier alpha value is -3.27. The summed E-state index contributed by atoms with van der Waals surface area (Å²) in [5.41, 5.74) is 4.90. The minimum atomic E-state index is -4.05. The van der Waals surface area contributed by atoms with Gasteiger partial charge in [-0.25, -0.2) is 13.9 Å². The van der Waals surface area contributed by atoms with Crippen molar-refractivity contribution in [3.05, 3.63) is 78.6 Å². The van der Waals surface area contributed by atoms with Crippen molar-refractivity contribution >= 4 is 15.7 Å². The first-order chi connectivity index (χ1) is 17.0. The highest BCUT2D eigenvalue weighted by Crippen LogP contribution is 2.35. The lowest BCUT2D eigenvalue weighted by Gasteiger charge is -2.34. The van der Waals surface area contributed by atoms with Gasteiger partial charge in [-0.05, 0) is 72.7 Å². The van der Waals surface area contributed by atoms with Gasteiger partial charge in [0.05, 0.1) is 11.5 Å². The largest absolute Gasteiger partial charge is 0.494 e. The third kappa shape index (κ3) is 5.37. The molecule has 1 aromatic heterocycles. The Morgan fingerprint density at radius 3 is 2.49 bits per heavy atom. The van der Waals surface area contributed by atoms with Crippen molar-refractivity contribution in [1.82, 2.24) is 10.5 Å². The van der Waals surface area contributed by atoms with Crippen LogP contribution in [0.3, 0.4) is 0 Å². The lowest BCUT2D eigenvalue weighted by atomic mass is 9.98. The average molecular weight is 497 g/mol. The number of rotatable bonds is 9. The van der Waals surface area contributed by atoms with Crippen LogP contribution in [0.2, 0.25) is 0 Å². The first kappa shape index (κ1) is 24.8. The lowest BCUT2D eigenvalue weighted by molar-refractivity contribution is -0.134. The van der Waals surface area contributed by atoms with Gasteiger partial charge in [-0.3, -0.25) is 15.0 Å². The molecule has 1 aliphatic heterocycles.